The van der Waals surface area contributed by atoms with Gasteiger partial charge in [-0.2, -0.15) is 0 Å². The second kappa shape index (κ2) is 6.66. The fourth-order valence-electron chi connectivity index (χ4n) is 3.82. The molecule has 7 heteroatoms. The van der Waals surface area contributed by atoms with E-state index in [-0.39, 0.29) is 12.2 Å². The number of nitrogens with zero attached hydrogens (tertiary/aromatic N) is 3. The van der Waals surface area contributed by atoms with Crippen molar-refractivity contribution in [2.24, 2.45) is 5.41 Å². The summed E-state index contributed by atoms with van der Waals surface area (Å²) < 4.78 is 1.44. The monoisotopic (exact) mass is 334 g/mol. The van der Waals surface area contributed by atoms with E-state index in [4.69, 9.17) is 0 Å². The molecule has 2 aromatic heterocycles. The van der Waals surface area contributed by atoms with Gasteiger partial charge < -0.3 is 10.2 Å². The normalized spacial score (nSPS) is 25.4. The maximum absolute atomic E-state index is 12.2. The van der Waals surface area contributed by atoms with Crippen molar-refractivity contribution in [1.82, 2.24) is 19.5 Å². The number of likely N-dealkylation sites (tertiary alicyclic amines) is 1. The van der Waals surface area contributed by atoms with Gasteiger partial charge in [0.25, 0.3) is 5.56 Å². The summed E-state index contributed by atoms with van der Waals surface area (Å²) in [5.41, 5.74) is 1.63. The summed E-state index contributed by atoms with van der Waals surface area (Å²) in [6.45, 7) is 5.83. The lowest BCUT2D eigenvalue weighted by atomic mass is 9.74. The molecule has 3 N–H and O–H groups in total. The molecule has 0 radical (unpaired) electrons. The quantitative estimate of drug-likeness (QED) is 0.747. The van der Waals surface area contributed by atoms with Gasteiger partial charge in [-0.1, -0.05) is 13.3 Å². The van der Waals surface area contributed by atoms with Crippen LogP contribution in [0.4, 0.5) is 0 Å². The molecule has 3 heterocycles. The van der Waals surface area contributed by atoms with E-state index in [0.29, 0.717) is 25.2 Å². The van der Waals surface area contributed by atoms with E-state index in [1.54, 1.807) is 6.07 Å². The zero-order valence-electron chi connectivity index (χ0n) is 14.3. The predicted molar refractivity (Wildman–Crippen MR) is 90.9 cm³/mol. The van der Waals surface area contributed by atoms with E-state index < -0.39 is 11.5 Å². The Labute approximate surface area is 140 Å². The molecule has 132 valence electrons. The Morgan fingerprint density at radius 1 is 1.46 bits per heavy atom. The summed E-state index contributed by atoms with van der Waals surface area (Å²) in [7, 11) is 0. The summed E-state index contributed by atoms with van der Waals surface area (Å²) in [5, 5.41) is 23.2. The molecule has 1 saturated heterocycles. The van der Waals surface area contributed by atoms with Crippen molar-refractivity contribution < 1.29 is 10.2 Å². The van der Waals surface area contributed by atoms with Gasteiger partial charge in [0.2, 0.25) is 0 Å². The van der Waals surface area contributed by atoms with Crippen molar-refractivity contribution >= 4 is 5.65 Å². The largest absolute Gasteiger partial charge is 0.396 e. The molecule has 7 nitrogen and oxygen atoms in total. The summed E-state index contributed by atoms with van der Waals surface area (Å²) in [6, 6.07) is 3.40. The molecule has 0 saturated carbocycles. The Bertz CT molecular complexity index is 769. The zero-order valence-corrected chi connectivity index (χ0v) is 14.3. The van der Waals surface area contributed by atoms with Crippen molar-refractivity contribution in [2.75, 3.05) is 19.7 Å². The van der Waals surface area contributed by atoms with Crippen molar-refractivity contribution in [3.8, 4) is 0 Å². The van der Waals surface area contributed by atoms with Gasteiger partial charge in [-0.25, -0.2) is 9.50 Å². The highest BCUT2D eigenvalue weighted by Crippen LogP contribution is 2.35. The van der Waals surface area contributed by atoms with Crippen LogP contribution < -0.4 is 5.56 Å². The minimum atomic E-state index is -0.480. The number of hydrogen-bond acceptors (Lipinski definition) is 5. The first kappa shape index (κ1) is 17.1. The standard InChI is InChI=1S/C17H26N4O3/c1-3-5-17(11-22)10-20(6-4-14(17)23)9-13-8-16(24)21-15(18-13)7-12(2)19-21/h7-8,14,19,22-23H,3-6,9-11H2,1-2H3/t14-,17+/m1/s1. The van der Waals surface area contributed by atoms with Gasteiger partial charge in [-0.15, -0.1) is 0 Å². The zero-order chi connectivity index (χ0) is 17.3. The number of piperidine rings is 1. The Morgan fingerprint density at radius 3 is 2.96 bits per heavy atom. The third kappa shape index (κ3) is 3.11. The Kier molecular flexibility index (Phi) is 4.76. The van der Waals surface area contributed by atoms with Gasteiger partial charge in [0.1, 0.15) is 0 Å². The van der Waals surface area contributed by atoms with E-state index in [2.05, 4.69) is 21.9 Å². The number of aliphatic hydroxyl groups is 2. The fourth-order valence-corrected chi connectivity index (χ4v) is 3.82. The summed E-state index contributed by atoms with van der Waals surface area (Å²) in [6.07, 6.45) is 1.85. The highest BCUT2D eigenvalue weighted by molar-refractivity contribution is 5.39. The average molecular weight is 334 g/mol. The number of aryl methyl sites for hydroxylation is 1. The van der Waals surface area contributed by atoms with Crippen LogP contribution >= 0.6 is 0 Å². The summed E-state index contributed by atoms with van der Waals surface area (Å²) in [5.74, 6) is 0. The minimum Gasteiger partial charge on any atom is -0.396 e. The molecular formula is C17H26N4O3. The molecule has 3 rings (SSSR count). The second-order valence-electron chi connectivity index (χ2n) is 7.00. The second-order valence-corrected chi connectivity index (χ2v) is 7.00. The van der Waals surface area contributed by atoms with E-state index >= 15 is 0 Å². The van der Waals surface area contributed by atoms with Crippen LogP contribution in [-0.2, 0) is 6.54 Å². The third-order valence-electron chi connectivity index (χ3n) is 5.04. The summed E-state index contributed by atoms with van der Waals surface area (Å²) >= 11 is 0. The first-order valence-corrected chi connectivity index (χ1v) is 8.57. The first-order chi connectivity index (χ1) is 11.5. The topological polar surface area (TPSA) is 93.9 Å². The number of aromatic nitrogens is 3. The highest BCUT2D eigenvalue weighted by atomic mass is 16.3. The number of fused-ring (bicyclic) bond motifs is 1. The summed E-state index contributed by atoms with van der Waals surface area (Å²) in [4.78, 5) is 18.9. The number of H-pyrrole nitrogens is 1. The van der Waals surface area contributed by atoms with Crippen LogP contribution in [-0.4, -0.2) is 55.5 Å². The van der Waals surface area contributed by atoms with E-state index in [1.165, 1.54) is 4.52 Å². The lowest BCUT2D eigenvalue weighted by Crippen LogP contribution is -2.53. The van der Waals surface area contributed by atoms with Gasteiger partial charge in [-0.3, -0.25) is 14.8 Å². The van der Waals surface area contributed by atoms with Crippen molar-refractivity contribution in [3.05, 3.63) is 33.9 Å². The number of rotatable bonds is 5. The van der Waals surface area contributed by atoms with Gasteiger partial charge in [-0.05, 0) is 19.8 Å². The van der Waals surface area contributed by atoms with Crippen LogP contribution in [0.2, 0.25) is 0 Å². The molecule has 1 aliphatic heterocycles. The van der Waals surface area contributed by atoms with Crippen LogP contribution in [0, 0.1) is 12.3 Å². The SMILES string of the molecule is CCC[C@@]1(CO)CN(Cc2cc(=O)n3[nH]c(C)cc3n2)CC[C@H]1O. The lowest BCUT2D eigenvalue weighted by Gasteiger charge is -2.45. The Hall–Kier alpha value is -1.70. The molecule has 0 unspecified atom stereocenters. The van der Waals surface area contributed by atoms with Crippen molar-refractivity contribution in [2.45, 2.75) is 45.8 Å². The maximum Gasteiger partial charge on any atom is 0.272 e. The average Bonchev–Trinajstić information content (AvgIpc) is 2.92. The fraction of sp³-hybridized carbons (Fsp3) is 0.647. The van der Waals surface area contributed by atoms with Crippen molar-refractivity contribution in [3.63, 3.8) is 0 Å². The number of aliphatic hydroxyl groups excluding tert-OH is 2. The number of hydrogen-bond donors (Lipinski definition) is 3. The lowest BCUT2D eigenvalue weighted by molar-refractivity contribution is -0.0821. The van der Waals surface area contributed by atoms with Gasteiger partial charge in [0, 0.05) is 42.9 Å². The smallest absolute Gasteiger partial charge is 0.272 e. The predicted octanol–water partition coefficient (Wildman–Crippen LogP) is 0.676. The molecule has 0 aromatic carbocycles. The van der Waals surface area contributed by atoms with Crippen LogP contribution in [0.15, 0.2) is 16.9 Å². The molecule has 0 bridgehead atoms. The van der Waals surface area contributed by atoms with Crippen LogP contribution in [0.5, 0.6) is 0 Å². The first-order valence-electron chi connectivity index (χ1n) is 8.57. The van der Waals surface area contributed by atoms with E-state index in [0.717, 1.165) is 30.8 Å². The van der Waals surface area contributed by atoms with Crippen molar-refractivity contribution in [1.29, 1.82) is 0 Å². The van der Waals surface area contributed by atoms with Crippen LogP contribution in [0.1, 0.15) is 37.6 Å². The van der Waals surface area contributed by atoms with Gasteiger partial charge in [0.15, 0.2) is 5.65 Å². The maximum atomic E-state index is 12.2. The molecule has 0 amide bonds. The third-order valence-corrected chi connectivity index (χ3v) is 5.04. The number of aromatic amines is 1. The van der Waals surface area contributed by atoms with Gasteiger partial charge >= 0.3 is 0 Å². The number of nitrogens with one attached hydrogen (secondary N) is 1. The molecule has 1 aliphatic rings. The van der Waals surface area contributed by atoms with Crippen LogP contribution in [0.25, 0.3) is 5.65 Å². The molecule has 24 heavy (non-hydrogen) atoms. The Morgan fingerprint density at radius 2 is 2.25 bits per heavy atom. The molecule has 2 aromatic rings. The molecule has 1 fully saturated rings. The minimum absolute atomic E-state index is 0.0232. The molecular weight excluding hydrogens is 308 g/mol. The van der Waals surface area contributed by atoms with E-state index in [1.807, 2.05) is 13.0 Å². The molecule has 0 spiro atoms. The van der Waals surface area contributed by atoms with Gasteiger partial charge in [0.05, 0.1) is 18.4 Å². The van der Waals surface area contributed by atoms with E-state index in [9.17, 15) is 15.0 Å². The Balaban J connectivity index is 1.82. The van der Waals surface area contributed by atoms with Crippen LogP contribution in [0.3, 0.4) is 0 Å². The molecule has 0 aliphatic carbocycles. The highest BCUT2D eigenvalue weighted by Gasteiger charge is 2.41. The molecule has 2 atom stereocenters.